The number of hydrogen-bond acceptors (Lipinski definition) is 8. The third-order valence-electron chi connectivity index (χ3n) is 8.74. The van der Waals surface area contributed by atoms with Gasteiger partial charge in [0.1, 0.15) is 5.82 Å². The normalized spacial score (nSPS) is 15.7. The van der Waals surface area contributed by atoms with Crippen LogP contribution in [0, 0.1) is 0 Å². The average Bonchev–Trinajstić information content (AvgIpc) is 3.53. The van der Waals surface area contributed by atoms with E-state index in [4.69, 9.17) is 35.5 Å². The quantitative estimate of drug-likeness (QED) is 0.0941. The lowest BCUT2D eigenvalue weighted by Gasteiger charge is -2.38. The minimum atomic E-state index is -0.732. The molecule has 2 amide bonds. The number of fused-ring (bicyclic) bond motifs is 3. The topological polar surface area (TPSA) is 108 Å². The van der Waals surface area contributed by atoms with Gasteiger partial charge in [-0.1, -0.05) is 34.2 Å². The Kier molecular flexibility index (Phi) is 13.6. The molecule has 0 N–H and O–H groups in total. The fourth-order valence-corrected chi connectivity index (χ4v) is 6.81. The highest BCUT2D eigenvalue weighted by Gasteiger charge is 2.52. The second kappa shape index (κ2) is 17.8. The number of carbonyl (C=O) groups is 2. The highest BCUT2D eigenvalue weighted by molar-refractivity contribution is 14.1. The number of rotatable bonds is 19. The van der Waals surface area contributed by atoms with E-state index in [9.17, 15) is 14.0 Å². The van der Waals surface area contributed by atoms with Gasteiger partial charge in [-0.15, -0.1) is 0 Å². The molecule has 1 spiro atoms. The number of amides is 2. The van der Waals surface area contributed by atoms with Crippen molar-refractivity contribution >= 4 is 62.7 Å². The predicted octanol–water partition coefficient (Wildman–Crippen LogP) is 5.09. The van der Waals surface area contributed by atoms with Gasteiger partial charge in [-0.25, -0.2) is 4.98 Å². The van der Waals surface area contributed by atoms with Crippen LogP contribution in [0.1, 0.15) is 43.5 Å². The minimum Gasteiger partial charge on any atom is -0.379 e. The Morgan fingerprint density at radius 1 is 0.979 bits per heavy atom. The maximum atomic E-state index is 14.3. The molecule has 4 heterocycles. The number of carbonyl (C=O) groups excluding carboxylic acids is 2. The molecular formula is C33H42ClFIN5O6. The van der Waals surface area contributed by atoms with Crippen molar-refractivity contribution in [2.24, 2.45) is 0 Å². The Bertz CT molecular complexity index is 1490. The molecule has 3 aromatic rings. The molecule has 0 atom stereocenters. The SMILES string of the molecule is O=C(CCOCCOCCOCCOCI)N1CCC2(CC1)C(=O)N(Cc1nc3cc(Cl)ccc3n1CCCCF)c1cnccc12. The van der Waals surface area contributed by atoms with E-state index in [-0.39, 0.29) is 31.5 Å². The summed E-state index contributed by atoms with van der Waals surface area (Å²) in [5.41, 5.74) is 2.62. The van der Waals surface area contributed by atoms with Crippen LogP contribution >= 0.6 is 34.2 Å². The zero-order valence-corrected chi connectivity index (χ0v) is 29.4. The van der Waals surface area contributed by atoms with E-state index in [1.54, 1.807) is 17.3 Å². The number of hydrogen-bond donors (Lipinski definition) is 0. The lowest BCUT2D eigenvalue weighted by molar-refractivity contribution is -0.136. The van der Waals surface area contributed by atoms with Gasteiger partial charge < -0.3 is 33.3 Å². The number of aryl methyl sites for hydroxylation is 1. The van der Waals surface area contributed by atoms with E-state index in [1.165, 1.54) is 0 Å². The Hall–Kier alpha value is -2.43. The summed E-state index contributed by atoms with van der Waals surface area (Å²) < 4.78 is 37.4. The molecule has 0 aliphatic carbocycles. The van der Waals surface area contributed by atoms with Crippen molar-refractivity contribution in [1.29, 1.82) is 0 Å². The van der Waals surface area contributed by atoms with E-state index in [0.717, 1.165) is 22.3 Å². The summed E-state index contributed by atoms with van der Waals surface area (Å²) in [6.45, 7) is 4.66. The lowest BCUT2D eigenvalue weighted by Crippen LogP contribution is -2.50. The molecule has 0 radical (unpaired) electrons. The third kappa shape index (κ3) is 8.79. The van der Waals surface area contributed by atoms with E-state index < -0.39 is 5.41 Å². The molecule has 14 heteroatoms. The van der Waals surface area contributed by atoms with Crippen molar-refractivity contribution in [2.75, 3.05) is 75.5 Å². The maximum Gasteiger partial charge on any atom is 0.238 e. The number of likely N-dealkylation sites (tertiary alicyclic amines) is 1. The Labute approximate surface area is 293 Å². The first-order valence-electron chi connectivity index (χ1n) is 16.1. The molecule has 2 aromatic heterocycles. The molecule has 0 bridgehead atoms. The van der Waals surface area contributed by atoms with Crippen molar-refractivity contribution in [3.63, 3.8) is 0 Å². The lowest BCUT2D eigenvalue weighted by atomic mass is 9.74. The summed E-state index contributed by atoms with van der Waals surface area (Å²) in [7, 11) is 0. The molecule has 256 valence electrons. The van der Waals surface area contributed by atoms with E-state index in [0.29, 0.717) is 107 Å². The molecule has 11 nitrogen and oxygen atoms in total. The first-order valence-corrected chi connectivity index (χ1v) is 18.0. The number of alkyl halides is 2. The van der Waals surface area contributed by atoms with E-state index in [1.807, 2.05) is 29.2 Å². The van der Waals surface area contributed by atoms with Crippen LogP contribution in [0.25, 0.3) is 11.0 Å². The van der Waals surface area contributed by atoms with Crippen LogP contribution in [-0.2, 0) is 47.0 Å². The number of imidazole rings is 1. The summed E-state index contributed by atoms with van der Waals surface area (Å²) >= 11 is 8.40. The van der Waals surface area contributed by atoms with Gasteiger partial charge in [-0.3, -0.25) is 19.0 Å². The number of unbranched alkanes of at least 4 members (excludes halogenated alkanes) is 1. The van der Waals surface area contributed by atoms with Crippen LogP contribution < -0.4 is 4.90 Å². The first-order chi connectivity index (χ1) is 23.0. The highest BCUT2D eigenvalue weighted by Crippen LogP contribution is 2.48. The van der Waals surface area contributed by atoms with Gasteiger partial charge in [-0.2, -0.15) is 0 Å². The van der Waals surface area contributed by atoms with Gasteiger partial charge in [0, 0.05) is 30.9 Å². The summed E-state index contributed by atoms with van der Waals surface area (Å²) in [6.07, 6.45) is 5.88. The second-order valence-corrected chi connectivity index (χ2v) is 12.6. The summed E-state index contributed by atoms with van der Waals surface area (Å²) in [6, 6.07) is 7.47. The molecule has 2 aliphatic heterocycles. The molecular weight excluding hydrogens is 744 g/mol. The maximum absolute atomic E-state index is 14.3. The van der Waals surface area contributed by atoms with Crippen LogP contribution in [0.15, 0.2) is 36.7 Å². The number of pyridine rings is 1. The number of ether oxygens (including phenoxy) is 4. The smallest absolute Gasteiger partial charge is 0.238 e. The predicted molar refractivity (Wildman–Crippen MR) is 185 cm³/mol. The van der Waals surface area contributed by atoms with Crippen LogP contribution in [0.2, 0.25) is 5.02 Å². The Morgan fingerprint density at radius 2 is 1.68 bits per heavy atom. The van der Waals surface area contributed by atoms with Gasteiger partial charge in [-0.05, 0) is 55.5 Å². The van der Waals surface area contributed by atoms with Gasteiger partial charge in [0.25, 0.3) is 0 Å². The molecule has 0 saturated carbocycles. The number of benzene rings is 1. The molecule has 0 unspecified atom stereocenters. The molecule has 47 heavy (non-hydrogen) atoms. The minimum absolute atomic E-state index is 0.00398. The molecule has 5 rings (SSSR count). The van der Waals surface area contributed by atoms with Gasteiger partial charge in [0.2, 0.25) is 11.8 Å². The van der Waals surface area contributed by atoms with Gasteiger partial charge in [0.05, 0.1) is 98.8 Å². The van der Waals surface area contributed by atoms with Crippen LogP contribution in [0.4, 0.5) is 10.1 Å². The van der Waals surface area contributed by atoms with Gasteiger partial charge >= 0.3 is 0 Å². The number of halogens is 3. The van der Waals surface area contributed by atoms with E-state index >= 15 is 0 Å². The van der Waals surface area contributed by atoms with Crippen molar-refractivity contribution in [2.45, 2.75) is 50.6 Å². The molecule has 2 aliphatic rings. The van der Waals surface area contributed by atoms with Crippen molar-refractivity contribution in [1.82, 2.24) is 19.4 Å². The second-order valence-electron chi connectivity index (χ2n) is 11.6. The van der Waals surface area contributed by atoms with Crippen LogP contribution in [0.5, 0.6) is 0 Å². The zero-order valence-electron chi connectivity index (χ0n) is 26.5. The summed E-state index contributed by atoms with van der Waals surface area (Å²) in [5, 5.41) is 0.579. The Balaban J connectivity index is 1.14. The number of nitrogens with zero attached hydrogens (tertiary/aromatic N) is 5. The summed E-state index contributed by atoms with van der Waals surface area (Å²) in [5.74, 6) is 0.724. The summed E-state index contributed by atoms with van der Waals surface area (Å²) in [4.78, 5) is 40.1. The molecule has 1 aromatic carbocycles. The standard InChI is InChI=1S/C33H42ClFIN5O6/c34-25-3-4-28-27(21-25)38-30(40(28)11-2-1-9-35)23-41-29-22-37-10-5-26(29)33(32(41)43)7-12-39(13-8-33)31(42)6-14-44-15-16-45-17-18-46-19-20-47-24-36/h3-5,10,21-22H,1-2,6-9,11-20,23-24H2. The molecule has 1 saturated heterocycles. The average molecular weight is 786 g/mol. The number of aromatic nitrogens is 3. The fraction of sp³-hybridized carbons (Fsp3) is 0.576. The van der Waals surface area contributed by atoms with Crippen molar-refractivity contribution < 1.29 is 32.9 Å². The largest absolute Gasteiger partial charge is 0.379 e. The monoisotopic (exact) mass is 785 g/mol. The van der Waals surface area contributed by atoms with Gasteiger partial charge in [0.15, 0.2) is 0 Å². The zero-order chi connectivity index (χ0) is 33.1. The number of anilines is 1. The fourth-order valence-electron chi connectivity index (χ4n) is 6.33. The van der Waals surface area contributed by atoms with Crippen LogP contribution in [0.3, 0.4) is 0 Å². The first kappa shape index (κ1) is 35.9. The van der Waals surface area contributed by atoms with Crippen LogP contribution in [-0.4, -0.2) is 102 Å². The van der Waals surface area contributed by atoms with E-state index in [2.05, 4.69) is 32.1 Å². The van der Waals surface area contributed by atoms with Crippen molar-refractivity contribution in [3.05, 3.63) is 53.1 Å². The Morgan fingerprint density at radius 3 is 2.38 bits per heavy atom. The van der Waals surface area contributed by atoms with Crippen molar-refractivity contribution in [3.8, 4) is 0 Å². The number of piperidine rings is 1. The molecule has 1 fully saturated rings. The third-order valence-corrected chi connectivity index (χ3v) is 9.41. The highest BCUT2D eigenvalue weighted by atomic mass is 127.